The maximum absolute atomic E-state index is 13.2. The number of benzene rings is 1. The molecule has 0 fully saturated rings. The molecule has 16 heavy (non-hydrogen) atoms. The Balaban J connectivity index is 2.64. The van der Waals surface area contributed by atoms with Crippen LogP contribution in [-0.4, -0.2) is 11.1 Å². The van der Waals surface area contributed by atoms with Gasteiger partial charge in [0.1, 0.15) is 5.58 Å². The van der Waals surface area contributed by atoms with Crippen LogP contribution >= 0.6 is 0 Å². The Morgan fingerprint density at radius 3 is 2.69 bits per heavy atom. The first-order valence-corrected chi connectivity index (χ1v) is 4.54. The van der Waals surface area contributed by atoms with Gasteiger partial charge in [-0.3, -0.25) is 0 Å². The molecular formula is C11H8F2O3. The van der Waals surface area contributed by atoms with Crippen molar-refractivity contribution in [3.63, 3.8) is 0 Å². The van der Waals surface area contributed by atoms with E-state index in [0.29, 0.717) is 16.5 Å². The van der Waals surface area contributed by atoms with E-state index >= 15 is 0 Å². The summed E-state index contributed by atoms with van der Waals surface area (Å²) in [5.74, 6) is -7.06. The average Bonchev–Trinajstić information content (AvgIpc) is 2.63. The average molecular weight is 226 g/mol. The van der Waals surface area contributed by atoms with E-state index < -0.39 is 17.7 Å². The van der Waals surface area contributed by atoms with Gasteiger partial charge in [-0.25, -0.2) is 4.79 Å². The fourth-order valence-corrected chi connectivity index (χ4v) is 1.47. The summed E-state index contributed by atoms with van der Waals surface area (Å²) in [5, 5.41) is 8.85. The number of carbonyl (C=O) groups is 1. The van der Waals surface area contributed by atoms with Crippen molar-refractivity contribution in [2.75, 3.05) is 0 Å². The second-order valence-corrected chi connectivity index (χ2v) is 3.48. The summed E-state index contributed by atoms with van der Waals surface area (Å²) in [5.41, 5.74) is 0.975. The van der Waals surface area contributed by atoms with Crippen LogP contribution in [-0.2, 0) is 10.7 Å². The number of furan rings is 1. The monoisotopic (exact) mass is 226 g/mol. The number of hydrogen-bond donors (Lipinski definition) is 1. The largest absolute Gasteiger partial charge is 0.476 e. The van der Waals surface area contributed by atoms with E-state index in [1.165, 1.54) is 0 Å². The van der Waals surface area contributed by atoms with Gasteiger partial charge in [0.15, 0.2) is 5.76 Å². The number of aryl methyl sites for hydroxylation is 1. The van der Waals surface area contributed by atoms with Gasteiger partial charge in [0.05, 0.1) is 0 Å². The summed E-state index contributed by atoms with van der Waals surface area (Å²) in [4.78, 5) is 10.4. The molecule has 0 aliphatic rings. The molecule has 1 aromatic heterocycles. The van der Waals surface area contributed by atoms with Crippen LogP contribution in [0.1, 0.15) is 11.3 Å². The van der Waals surface area contributed by atoms with Crippen molar-refractivity contribution in [2.45, 2.75) is 12.8 Å². The topological polar surface area (TPSA) is 50.4 Å². The molecule has 0 amide bonds. The standard InChI is InChI=1S/C11H8F2O3/c1-6-3-2-4-7-5-8(16-9(6)7)11(12,13)10(14)15/h2-5H,1H3,(H,14,15). The molecule has 0 unspecified atom stereocenters. The highest BCUT2D eigenvalue weighted by molar-refractivity contribution is 5.84. The molecule has 0 atom stereocenters. The van der Waals surface area contributed by atoms with E-state index in [0.717, 1.165) is 6.07 Å². The zero-order valence-corrected chi connectivity index (χ0v) is 8.33. The van der Waals surface area contributed by atoms with Crippen molar-refractivity contribution < 1.29 is 23.1 Å². The summed E-state index contributed by atoms with van der Waals surface area (Å²) in [6, 6.07) is 6.04. The van der Waals surface area contributed by atoms with Gasteiger partial charge in [-0.2, -0.15) is 8.78 Å². The first kappa shape index (κ1) is 10.6. The minimum atomic E-state index is -3.99. The summed E-state index contributed by atoms with van der Waals surface area (Å²) in [6.45, 7) is 1.70. The third-order valence-electron chi connectivity index (χ3n) is 2.32. The number of aliphatic carboxylic acids is 1. The molecule has 1 heterocycles. The van der Waals surface area contributed by atoms with Crippen molar-refractivity contribution in [3.05, 3.63) is 35.6 Å². The molecule has 2 rings (SSSR count). The Morgan fingerprint density at radius 1 is 1.44 bits per heavy atom. The molecule has 1 aromatic carbocycles. The summed E-state index contributed by atoms with van der Waals surface area (Å²) >= 11 is 0. The lowest BCUT2D eigenvalue weighted by molar-refractivity contribution is -0.168. The van der Waals surface area contributed by atoms with E-state index in [1.807, 2.05) is 0 Å². The van der Waals surface area contributed by atoms with Gasteiger partial charge in [0, 0.05) is 5.39 Å². The van der Waals surface area contributed by atoms with Crippen molar-refractivity contribution in [1.29, 1.82) is 0 Å². The number of rotatable bonds is 2. The van der Waals surface area contributed by atoms with Crippen LogP contribution in [0.4, 0.5) is 8.78 Å². The van der Waals surface area contributed by atoms with Crippen molar-refractivity contribution in [1.82, 2.24) is 0 Å². The molecule has 0 spiro atoms. The highest BCUT2D eigenvalue weighted by Gasteiger charge is 2.44. The van der Waals surface area contributed by atoms with Crippen LogP contribution in [0, 0.1) is 6.92 Å². The maximum Gasteiger partial charge on any atom is 0.399 e. The highest BCUT2D eigenvalue weighted by Crippen LogP contribution is 2.33. The molecule has 0 aliphatic heterocycles. The number of halogens is 2. The number of alkyl halides is 2. The second kappa shape index (κ2) is 3.30. The van der Waals surface area contributed by atoms with Gasteiger partial charge < -0.3 is 9.52 Å². The van der Waals surface area contributed by atoms with E-state index in [4.69, 9.17) is 9.52 Å². The predicted molar refractivity (Wildman–Crippen MR) is 52.5 cm³/mol. The van der Waals surface area contributed by atoms with Crippen LogP contribution in [0.2, 0.25) is 0 Å². The molecule has 0 bridgehead atoms. The summed E-state index contributed by atoms with van der Waals surface area (Å²) < 4.78 is 31.2. The lowest BCUT2D eigenvalue weighted by Crippen LogP contribution is -2.24. The van der Waals surface area contributed by atoms with Crippen LogP contribution in [0.15, 0.2) is 28.7 Å². The number of para-hydroxylation sites is 1. The molecule has 1 N–H and O–H groups in total. The van der Waals surface area contributed by atoms with Crippen LogP contribution in [0.25, 0.3) is 11.0 Å². The zero-order valence-electron chi connectivity index (χ0n) is 8.33. The van der Waals surface area contributed by atoms with E-state index in [2.05, 4.69) is 0 Å². The zero-order chi connectivity index (χ0) is 11.9. The van der Waals surface area contributed by atoms with Gasteiger partial charge in [-0.05, 0) is 18.6 Å². The third kappa shape index (κ3) is 1.44. The Labute approximate surface area is 89.3 Å². The van der Waals surface area contributed by atoms with Gasteiger partial charge in [-0.1, -0.05) is 18.2 Å². The second-order valence-electron chi connectivity index (χ2n) is 3.48. The molecule has 0 saturated carbocycles. The molecule has 0 aliphatic carbocycles. The first-order chi connectivity index (χ1) is 7.43. The Hall–Kier alpha value is -1.91. The van der Waals surface area contributed by atoms with Gasteiger partial charge in [0.2, 0.25) is 0 Å². The van der Waals surface area contributed by atoms with Crippen molar-refractivity contribution in [3.8, 4) is 0 Å². The minimum absolute atomic E-state index is 0.290. The smallest absolute Gasteiger partial charge is 0.399 e. The Morgan fingerprint density at radius 2 is 2.12 bits per heavy atom. The van der Waals surface area contributed by atoms with E-state index in [-0.39, 0.29) is 0 Å². The van der Waals surface area contributed by atoms with Crippen LogP contribution in [0.5, 0.6) is 0 Å². The van der Waals surface area contributed by atoms with Crippen molar-refractivity contribution >= 4 is 16.9 Å². The molecule has 2 aromatic rings. The third-order valence-corrected chi connectivity index (χ3v) is 2.32. The van der Waals surface area contributed by atoms with Crippen LogP contribution in [0.3, 0.4) is 0 Å². The minimum Gasteiger partial charge on any atom is -0.476 e. The van der Waals surface area contributed by atoms with E-state index in [1.54, 1.807) is 25.1 Å². The lowest BCUT2D eigenvalue weighted by Gasteiger charge is -2.06. The van der Waals surface area contributed by atoms with E-state index in [9.17, 15) is 13.6 Å². The number of carboxylic acids is 1. The fraction of sp³-hybridized carbons (Fsp3) is 0.182. The molecule has 0 saturated heterocycles. The maximum atomic E-state index is 13.2. The van der Waals surface area contributed by atoms with Crippen LogP contribution < -0.4 is 0 Å². The molecule has 84 valence electrons. The van der Waals surface area contributed by atoms with Crippen molar-refractivity contribution in [2.24, 2.45) is 0 Å². The number of hydrogen-bond acceptors (Lipinski definition) is 2. The number of fused-ring (bicyclic) bond motifs is 1. The highest BCUT2D eigenvalue weighted by atomic mass is 19.3. The predicted octanol–water partition coefficient (Wildman–Crippen LogP) is 2.92. The number of carboxylic acid groups (broad SMARTS) is 1. The molecular weight excluding hydrogens is 218 g/mol. The Bertz CT molecular complexity index is 557. The molecule has 5 heteroatoms. The summed E-state index contributed by atoms with van der Waals surface area (Å²) in [7, 11) is 0. The lowest BCUT2D eigenvalue weighted by atomic mass is 10.1. The quantitative estimate of drug-likeness (QED) is 0.856. The summed E-state index contributed by atoms with van der Waals surface area (Å²) in [6.07, 6.45) is 0. The fourth-order valence-electron chi connectivity index (χ4n) is 1.47. The van der Waals surface area contributed by atoms with Gasteiger partial charge >= 0.3 is 11.9 Å². The van der Waals surface area contributed by atoms with Gasteiger partial charge in [-0.15, -0.1) is 0 Å². The first-order valence-electron chi connectivity index (χ1n) is 4.54. The Kier molecular flexibility index (Phi) is 2.18. The SMILES string of the molecule is Cc1cccc2cc(C(F)(F)C(=O)O)oc12. The van der Waals surface area contributed by atoms with Gasteiger partial charge in [0.25, 0.3) is 0 Å². The molecule has 3 nitrogen and oxygen atoms in total. The normalized spacial score (nSPS) is 11.9. The molecule has 0 radical (unpaired) electrons.